The number of hydrogen-bond acceptors (Lipinski definition) is 3. The molecule has 0 bridgehead atoms. The molecule has 2 fully saturated rings. The summed E-state index contributed by atoms with van der Waals surface area (Å²) in [4.78, 5) is 27.4. The standard InChI is InChI=1S/C23H35N3O3/c1-22(2)15-18(16-23(3,4)24-22)11-12-25-13-14-26(21(25)29)19-8-5-17(6-9-19)7-10-20(27)28/h5-6,8-9,18,24H,7,10-16H2,1-4H3,(H,27,28). The number of carbonyl (C=O) groups excluding carboxylic acids is 1. The minimum absolute atomic E-state index is 0.0794. The van der Waals surface area contributed by atoms with Gasteiger partial charge in [0, 0.05) is 42.8 Å². The van der Waals surface area contributed by atoms with E-state index in [1.165, 1.54) is 0 Å². The van der Waals surface area contributed by atoms with Crippen molar-refractivity contribution in [3.05, 3.63) is 29.8 Å². The smallest absolute Gasteiger partial charge is 0.324 e. The fourth-order valence-corrected chi connectivity index (χ4v) is 5.20. The highest BCUT2D eigenvalue weighted by molar-refractivity contribution is 5.94. The van der Waals surface area contributed by atoms with Gasteiger partial charge in [-0.1, -0.05) is 12.1 Å². The maximum atomic E-state index is 12.9. The number of rotatable bonds is 7. The zero-order valence-corrected chi connectivity index (χ0v) is 18.2. The Bertz CT molecular complexity index is 726. The number of hydrogen-bond donors (Lipinski definition) is 2. The van der Waals surface area contributed by atoms with Crippen molar-refractivity contribution in [2.45, 2.75) is 70.9 Å². The van der Waals surface area contributed by atoms with Crippen molar-refractivity contribution < 1.29 is 14.7 Å². The molecular weight excluding hydrogens is 366 g/mol. The van der Waals surface area contributed by atoms with E-state index in [4.69, 9.17) is 5.11 Å². The number of nitrogens with one attached hydrogen (secondary N) is 1. The van der Waals surface area contributed by atoms with Crippen molar-refractivity contribution in [2.24, 2.45) is 5.92 Å². The molecule has 2 saturated heterocycles. The number of aliphatic carboxylic acids is 1. The number of nitrogens with zero attached hydrogens (tertiary/aromatic N) is 2. The summed E-state index contributed by atoms with van der Waals surface area (Å²) in [5.41, 5.74) is 2.14. The second-order valence-corrected chi connectivity index (χ2v) is 9.94. The van der Waals surface area contributed by atoms with E-state index >= 15 is 0 Å². The summed E-state index contributed by atoms with van der Waals surface area (Å²) in [5.74, 6) is -0.170. The topological polar surface area (TPSA) is 72.9 Å². The number of carboxylic acid groups (broad SMARTS) is 1. The van der Waals surface area contributed by atoms with Crippen LogP contribution in [0.3, 0.4) is 0 Å². The van der Waals surface area contributed by atoms with E-state index in [0.29, 0.717) is 18.9 Å². The Morgan fingerprint density at radius 2 is 1.72 bits per heavy atom. The number of carbonyl (C=O) groups is 2. The van der Waals surface area contributed by atoms with Gasteiger partial charge in [0.05, 0.1) is 0 Å². The van der Waals surface area contributed by atoms with Crippen LogP contribution in [0.2, 0.25) is 0 Å². The molecular formula is C23H35N3O3. The third-order valence-corrected chi connectivity index (χ3v) is 6.05. The molecule has 6 heteroatoms. The molecule has 1 aromatic rings. The molecule has 0 unspecified atom stereocenters. The molecule has 0 aromatic heterocycles. The first-order valence-electron chi connectivity index (χ1n) is 10.7. The minimum Gasteiger partial charge on any atom is -0.481 e. The monoisotopic (exact) mass is 401 g/mol. The number of urea groups is 1. The van der Waals surface area contributed by atoms with E-state index in [1.54, 1.807) is 0 Å². The molecule has 6 nitrogen and oxygen atoms in total. The summed E-state index contributed by atoms with van der Waals surface area (Å²) in [6.45, 7) is 11.3. The minimum atomic E-state index is -0.792. The van der Waals surface area contributed by atoms with Crippen LogP contribution in [-0.2, 0) is 11.2 Å². The maximum Gasteiger partial charge on any atom is 0.324 e. The van der Waals surface area contributed by atoms with Crippen molar-refractivity contribution in [2.75, 3.05) is 24.5 Å². The van der Waals surface area contributed by atoms with Crippen molar-refractivity contribution >= 4 is 17.7 Å². The third-order valence-electron chi connectivity index (χ3n) is 6.05. The highest BCUT2D eigenvalue weighted by Crippen LogP contribution is 2.35. The van der Waals surface area contributed by atoms with Crippen LogP contribution in [-0.4, -0.2) is 52.7 Å². The molecule has 1 aromatic carbocycles. The lowest BCUT2D eigenvalue weighted by atomic mass is 9.74. The molecule has 2 N–H and O–H groups in total. The van der Waals surface area contributed by atoms with Gasteiger partial charge in [0.1, 0.15) is 0 Å². The molecule has 2 amide bonds. The van der Waals surface area contributed by atoms with E-state index in [1.807, 2.05) is 34.1 Å². The Kier molecular flexibility index (Phi) is 6.22. The molecule has 160 valence electrons. The normalized spacial score (nSPS) is 21.6. The van der Waals surface area contributed by atoms with Gasteiger partial charge in [0.15, 0.2) is 0 Å². The second-order valence-electron chi connectivity index (χ2n) is 9.94. The third kappa shape index (κ3) is 5.72. The first kappa shape index (κ1) is 21.6. The van der Waals surface area contributed by atoms with Crippen LogP contribution in [0.25, 0.3) is 0 Å². The van der Waals surface area contributed by atoms with Crippen LogP contribution < -0.4 is 10.2 Å². The Hall–Kier alpha value is -2.08. The summed E-state index contributed by atoms with van der Waals surface area (Å²) in [7, 11) is 0. The molecule has 0 atom stereocenters. The van der Waals surface area contributed by atoms with Gasteiger partial charge in [-0.3, -0.25) is 9.69 Å². The zero-order valence-electron chi connectivity index (χ0n) is 18.2. The van der Waals surface area contributed by atoms with Crippen LogP contribution in [0.1, 0.15) is 58.9 Å². The Morgan fingerprint density at radius 3 is 2.31 bits per heavy atom. The fraction of sp³-hybridized carbons (Fsp3) is 0.652. The SMILES string of the molecule is CC1(C)CC(CCN2CCN(c3ccc(CCC(=O)O)cc3)C2=O)CC(C)(C)N1. The first-order chi connectivity index (χ1) is 13.5. The van der Waals surface area contributed by atoms with Crippen LogP contribution in [0.5, 0.6) is 0 Å². The Balaban J connectivity index is 1.54. The number of benzene rings is 1. The number of carboxylic acids is 1. The van der Waals surface area contributed by atoms with E-state index in [-0.39, 0.29) is 23.5 Å². The summed E-state index contributed by atoms with van der Waals surface area (Å²) in [5, 5.41) is 12.5. The quantitative estimate of drug-likeness (QED) is 0.727. The van der Waals surface area contributed by atoms with Gasteiger partial charge in [0.25, 0.3) is 0 Å². The molecule has 0 spiro atoms. The lowest BCUT2D eigenvalue weighted by Crippen LogP contribution is -2.58. The van der Waals surface area contributed by atoms with Gasteiger partial charge < -0.3 is 15.3 Å². The molecule has 0 radical (unpaired) electrons. The van der Waals surface area contributed by atoms with E-state index in [9.17, 15) is 9.59 Å². The van der Waals surface area contributed by atoms with Crippen molar-refractivity contribution in [3.63, 3.8) is 0 Å². The number of piperidine rings is 1. The number of aryl methyl sites for hydroxylation is 1. The predicted molar refractivity (Wildman–Crippen MR) is 115 cm³/mol. The summed E-state index contributed by atoms with van der Waals surface area (Å²) >= 11 is 0. The summed E-state index contributed by atoms with van der Waals surface area (Å²) in [6.07, 6.45) is 3.96. The Labute approximate surface area is 174 Å². The van der Waals surface area contributed by atoms with Crippen molar-refractivity contribution in [1.82, 2.24) is 10.2 Å². The van der Waals surface area contributed by atoms with Gasteiger partial charge >= 0.3 is 12.0 Å². The van der Waals surface area contributed by atoms with Crippen molar-refractivity contribution in [3.8, 4) is 0 Å². The molecule has 3 rings (SSSR count). The van der Waals surface area contributed by atoms with Gasteiger partial charge in [-0.25, -0.2) is 4.79 Å². The van der Waals surface area contributed by atoms with Gasteiger partial charge in [-0.15, -0.1) is 0 Å². The molecule has 2 aliphatic heterocycles. The van der Waals surface area contributed by atoms with Crippen LogP contribution in [0, 0.1) is 5.92 Å². The number of amides is 2. The lowest BCUT2D eigenvalue weighted by molar-refractivity contribution is -0.136. The van der Waals surface area contributed by atoms with E-state index in [2.05, 4.69) is 33.0 Å². The molecule has 2 heterocycles. The van der Waals surface area contributed by atoms with Crippen LogP contribution in [0.15, 0.2) is 24.3 Å². The number of anilines is 1. The fourth-order valence-electron chi connectivity index (χ4n) is 5.20. The zero-order chi connectivity index (χ0) is 21.2. The molecule has 0 aliphatic carbocycles. The van der Waals surface area contributed by atoms with E-state index in [0.717, 1.165) is 43.6 Å². The van der Waals surface area contributed by atoms with E-state index < -0.39 is 5.97 Å². The van der Waals surface area contributed by atoms with Crippen LogP contribution >= 0.6 is 0 Å². The summed E-state index contributed by atoms with van der Waals surface area (Å²) in [6, 6.07) is 7.78. The van der Waals surface area contributed by atoms with Crippen molar-refractivity contribution in [1.29, 1.82) is 0 Å². The van der Waals surface area contributed by atoms with Crippen LogP contribution in [0.4, 0.5) is 10.5 Å². The molecule has 0 saturated carbocycles. The predicted octanol–water partition coefficient (Wildman–Crippen LogP) is 3.89. The average Bonchev–Trinajstić information content (AvgIpc) is 2.96. The Morgan fingerprint density at radius 1 is 1.10 bits per heavy atom. The van der Waals surface area contributed by atoms with Gasteiger partial charge in [0.2, 0.25) is 0 Å². The maximum absolute atomic E-state index is 12.9. The largest absolute Gasteiger partial charge is 0.481 e. The molecule has 2 aliphatic rings. The second kappa shape index (κ2) is 8.34. The molecule has 29 heavy (non-hydrogen) atoms. The highest BCUT2D eigenvalue weighted by Gasteiger charge is 2.38. The lowest BCUT2D eigenvalue weighted by Gasteiger charge is -2.47. The highest BCUT2D eigenvalue weighted by atomic mass is 16.4. The van der Waals surface area contributed by atoms with Gasteiger partial charge in [-0.05, 0) is 77.0 Å². The summed E-state index contributed by atoms with van der Waals surface area (Å²) < 4.78 is 0. The average molecular weight is 402 g/mol. The first-order valence-corrected chi connectivity index (χ1v) is 10.7. The van der Waals surface area contributed by atoms with Gasteiger partial charge in [-0.2, -0.15) is 0 Å².